The molecule has 0 aromatic carbocycles. The van der Waals surface area contributed by atoms with Gasteiger partial charge in [-0.2, -0.15) is 0 Å². The topological polar surface area (TPSA) is 18.5 Å². The van der Waals surface area contributed by atoms with Crippen LogP contribution in [0.1, 0.15) is 19.8 Å². The third kappa shape index (κ3) is 3.09. The van der Waals surface area contributed by atoms with Crippen molar-refractivity contribution in [2.24, 2.45) is 5.92 Å². The minimum atomic E-state index is 0.0110. The van der Waals surface area contributed by atoms with Crippen LogP contribution in [0.4, 0.5) is 0 Å². The van der Waals surface area contributed by atoms with E-state index in [1.165, 1.54) is 0 Å². The molecule has 0 aromatic heterocycles. The number of rotatable bonds is 2. The van der Waals surface area contributed by atoms with E-state index in [-0.39, 0.29) is 6.29 Å². The highest BCUT2D eigenvalue weighted by Gasteiger charge is 2.18. The summed E-state index contributed by atoms with van der Waals surface area (Å²) in [6.07, 6.45) is 2.27. The first kappa shape index (κ1) is 9.49. The molecule has 2 nitrogen and oxygen atoms in total. The first-order valence-corrected chi connectivity index (χ1v) is 5.26. The van der Waals surface area contributed by atoms with Crippen LogP contribution < -0.4 is 0 Å². The van der Waals surface area contributed by atoms with Crippen molar-refractivity contribution in [3.8, 4) is 0 Å². The fraction of sp³-hybridized carbons (Fsp3) is 1.00. The smallest absolute Gasteiger partial charge is 0.160 e. The Bertz CT molecular complexity index is 100. The lowest BCUT2D eigenvalue weighted by atomic mass is 10.2. The Hall–Kier alpha value is 0.400. The molecule has 1 saturated heterocycles. The van der Waals surface area contributed by atoms with Gasteiger partial charge >= 0.3 is 0 Å². The van der Waals surface area contributed by atoms with Crippen LogP contribution in [0.25, 0.3) is 0 Å². The third-order valence-electron chi connectivity index (χ3n) is 1.81. The van der Waals surface area contributed by atoms with Gasteiger partial charge < -0.3 is 9.47 Å². The zero-order chi connectivity index (χ0) is 8.10. The van der Waals surface area contributed by atoms with Gasteiger partial charge in [0.1, 0.15) is 0 Å². The number of hydrogen-bond donors (Lipinski definition) is 0. The predicted octanol–water partition coefficient (Wildman–Crippen LogP) is 2.17. The fourth-order valence-corrected chi connectivity index (χ4v) is 1.36. The molecule has 0 radical (unpaired) electrons. The largest absolute Gasteiger partial charge is 0.352 e. The minimum absolute atomic E-state index is 0.0110. The Labute approximate surface area is 76.4 Å². The summed E-state index contributed by atoms with van der Waals surface area (Å²) >= 11 is 3.42. The lowest BCUT2D eigenvalue weighted by molar-refractivity contribution is -0.149. The molecule has 0 spiro atoms. The van der Waals surface area contributed by atoms with Crippen LogP contribution in [-0.4, -0.2) is 24.8 Å². The molecule has 11 heavy (non-hydrogen) atoms. The second-order valence-electron chi connectivity index (χ2n) is 2.95. The van der Waals surface area contributed by atoms with Gasteiger partial charge in [-0.25, -0.2) is 0 Å². The van der Waals surface area contributed by atoms with Gasteiger partial charge in [-0.15, -0.1) is 0 Å². The van der Waals surface area contributed by atoms with Crippen molar-refractivity contribution < 1.29 is 9.47 Å². The van der Waals surface area contributed by atoms with Crippen molar-refractivity contribution in [3.05, 3.63) is 0 Å². The fourth-order valence-electron chi connectivity index (χ4n) is 1.05. The van der Waals surface area contributed by atoms with Crippen molar-refractivity contribution in [1.82, 2.24) is 0 Å². The first-order valence-electron chi connectivity index (χ1n) is 4.13. The van der Waals surface area contributed by atoms with Gasteiger partial charge in [0.25, 0.3) is 0 Å². The van der Waals surface area contributed by atoms with Gasteiger partial charge in [0.2, 0.25) is 0 Å². The second-order valence-corrected chi connectivity index (χ2v) is 3.60. The Balaban J connectivity index is 2.30. The summed E-state index contributed by atoms with van der Waals surface area (Å²) in [5, 5.41) is 0.942. The summed E-state index contributed by atoms with van der Waals surface area (Å²) in [5.41, 5.74) is 0. The quantitative estimate of drug-likeness (QED) is 0.668. The van der Waals surface area contributed by atoms with E-state index in [1.54, 1.807) is 0 Å². The SMILES string of the molecule is CC(CBr)C1OCCCCO1. The highest BCUT2D eigenvalue weighted by atomic mass is 79.9. The van der Waals surface area contributed by atoms with E-state index < -0.39 is 0 Å². The van der Waals surface area contributed by atoms with Gasteiger partial charge in [-0.05, 0) is 12.8 Å². The maximum atomic E-state index is 5.50. The van der Waals surface area contributed by atoms with E-state index in [0.717, 1.165) is 31.4 Å². The van der Waals surface area contributed by atoms with Crippen molar-refractivity contribution in [3.63, 3.8) is 0 Å². The van der Waals surface area contributed by atoms with Gasteiger partial charge in [0, 0.05) is 24.5 Å². The first-order chi connectivity index (χ1) is 5.34. The van der Waals surface area contributed by atoms with E-state index in [9.17, 15) is 0 Å². The normalized spacial score (nSPS) is 24.5. The summed E-state index contributed by atoms with van der Waals surface area (Å²) in [6, 6.07) is 0. The molecule has 1 aliphatic heterocycles. The molecule has 1 rings (SSSR count). The number of halogens is 1. The average molecular weight is 223 g/mol. The zero-order valence-electron chi connectivity index (χ0n) is 6.88. The second kappa shape index (κ2) is 5.12. The van der Waals surface area contributed by atoms with Crippen LogP contribution >= 0.6 is 15.9 Å². The maximum Gasteiger partial charge on any atom is 0.160 e. The Morgan fingerprint density at radius 1 is 1.36 bits per heavy atom. The van der Waals surface area contributed by atoms with Crippen molar-refractivity contribution in [2.45, 2.75) is 26.1 Å². The minimum Gasteiger partial charge on any atom is -0.352 e. The van der Waals surface area contributed by atoms with Crippen LogP contribution in [0, 0.1) is 5.92 Å². The molecule has 0 aromatic rings. The van der Waals surface area contributed by atoms with E-state index in [1.807, 2.05) is 0 Å². The van der Waals surface area contributed by atoms with Crippen molar-refractivity contribution >= 4 is 15.9 Å². The summed E-state index contributed by atoms with van der Waals surface area (Å²) in [6.45, 7) is 3.83. The number of hydrogen-bond acceptors (Lipinski definition) is 2. The zero-order valence-corrected chi connectivity index (χ0v) is 8.47. The molecule has 3 heteroatoms. The highest BCUT2D eigenvalue weighted by Crippen LogP contribution is 2.15. The Morgan fingerprint density at radius 3 is 2.36 bits per heavy atom. The van der Waals surface area contributed by atoms with Crippen LogP contribution in [0.5, 0.6) is 0 Å². The molecule has 1 unspecified atom stereocenters. The average Bonchev–Trinajstić information content (AvgIpc) is 2.30. The monoisotopic (exact) mass is 222 g/mol. The molecule has 1 atom stereocenters. The van der Waals surface area contributed by atoms with Crippen molar-refractivity contribution in [1.29, 1.82) is 0 Å². The third-order valence-corrected chi connectivity index (χ3v) is 2.83. The lowest BCUT2D eigenvalue weighted by Gasteiger charge is -2.20. The molecule has 66 valence electrons. The predicted molar refractivity (Wildman–Crippen MR) is 47.9 cm³/mol. The number of alkyl halides is 1. The van der Waals surface area contributed by atoms with Crippen LogP contribution in [0.3, 0.4) is 0 Å². The highest BCUT2D eigenvalue weighted by molar-refractivity contribution is 9.09. The summed E-state index contributed by atoms with van der Waals surface area (Å²) in [7, 11) is 0. The molecular weight excluding hydrogens is 208 g/mol. The summed E-state index contributed by atoms with van der Waals surface area (Å²) < 4.78 is 11.0. The molecule has 0 N–H and O–H groups in total. The molecule has 0 bridgehead atoms. The molecule has 1 fully saturated rings. The van der Waals surface area contributed by atoms with Crippen LogP contribution in [-0.2, 0) is 9.47 Å². The molecule has 0 aliphatic carbocycles. The lowest BCUT2D eigenvalue weighted by Crippen LogP contribution is -2.25. The van der Waals surface area contributed by atoms with Gasteiger partial charge in [-0.1, -0.05) is 22.9 Å². The van der Waals surface area contributed by atoms with E-state index >= 15 is 0 Å². The molecular formula is C8H15BrO2. The molecule has 0 saturated carbocycles. The Morgan fingerprint density at radius 2 is 1.91 bits per heavy atom. The summed E-state index contributed by atoms with van der Waals surface area (Å²) in [4.78, 5) is 0. The standard InChI is InChI=1S/C8H15BrO2/c1-7(6-9)8-10-4-2-3-5-11-8/h7-8H,2-6H2,1H3. The molecule has 0 amide bonds. The van der Waals surface area contributed by atoms with Crippen molar-refractivity contribution in [2.75, 3.05) is 18.5 Å². The van der Waals surface area contributed by atoms with E-state index in [4.69, 9.17) is 9.47 Å². The van der Waals surface area contributed by atoms with Gasteiger partial charge in [0.15, 0.2) is 6.29 Å². The van der Waals surface area contributed by atoms with Crippen LogP contribution in [0.2, 0.25) is 0 Å². The van der Waals surface area contributed by atoms with Gasteiger partial charge in [-0.3, -0.25) is 0 Å². The summed E-state index contributed by atoms with van der Waals surface area (Å²) in [5.74, 6) is 0.452. The maximum absolute atomic E-state index is 5.50. The van der Waals surface area contributed by atoms with Gasteiger partial charge in [0.05, 0.1) is 0 Å². The van der Waals surface area contributed by atoms with E-state index in [0.29, 0.717) is 5.92 Å². The van der Waals surface area contributed by atoms with E-state index in [2.05, 4.69) is 22.9 Å². The van der Waals surface area contributed by atoms with Crippen LogP contribution in [0.15, 0.2) is 0 Å². The molecule has 1 aliphatic rings. The number of ether oxygens (including phenoxy) is 2. The molecule has 1 heterocycles. The Kier molecular flexibility index (Phi) is 4.41.